The molecule has 1 aromatic heterocycles. The first-order chi connectivity index (χ1) is 7.81. The molecule has 1 atom stereocenters. The molecule has 1 unspecified atom stereocenters. The SMILES string of the molecule is CCCNC(CCC)c1ccn(CCO)c1. The van der Waals surface area contributed by atoms with Gasteiger partial charge in [-0.25, -0.2) is 0 Å². The number of aromatic nitrogens is 1. The van der Waals surface area contributed by atoms with Crippen LogP contribution in [0.5, 0.6) is 0 Å². The predicted molar refractivity (Wildman–Crippen MR) is 67.5 cm³/mol. The average Bonchev–Trinajstić information content (AvgIpc) is 2.73. The lowest BCUT2D eigenvalue weighted by atomic mass is 10.1. The van der Waals surface area contributed by atoms with Crippen molar-refractivity contribution in [3.8, 4) is 0 Å². The highest BCUT2D eigenvalue weighted by atomic mass is 16.3. The van der Waals surface area contributed by atoms with Crippen molar-refractivity contribution in [2.24, 2.45) is 0 Å². The monoisotopic (exact) mass is 224 g/mol. The Morgan fingerprint density at radius 3 is 2.81 bits per heavy atom. The minimum Gasteiger partial charge on any atom is -0.395 e. The molecule has 0 saturated carbocycles. The van der Waals surface area contributed by atoms with Crippen LogP contribution >= 0.6 is 0 Å². The maximum absolute atomic E-state index is 8.88. The summed E-state index contributed by atoms with van der Waals surface area (Å²) in [5.74, 6) is 0. The van der Waals surface area contributed by atoms with Crippen molar-refractivity contribution in [3.05, 3.63) is 24.0 Å². The molecule has 3 nitrogen and oxygen atoms in total. The zero-order valence-electron chi connectivity index (χ0n) is 10.4. The van der Waals surface area contributed by atoms with Gasteiger partial charge in [0.25, 0.3) is 0 Å². The summed E-state index contributed by atoms with van der Waals surface area (Å²) in [6, 6.07) is 2.61. The van der Waals surface area contributed by atoms with Crippen LogP contribution in [0.15, 0.2) is 18.5 Å². The number of hydrogen-bond donors (Lipinski definition) is 2. The first kappa shape index (κ1) is 13.3. The lowest BCUT2D eigenvalue weighted by Crippen LogP contribution is -2.21. The van der Waals surface area contributed by atoms with E-state index in [1.165, 1.54) is 18.4 Å². The first-order valence-corrected chi connectivity index (χ1v) is 6.31. The van der Waals surface area contributed by atoms with Gasteiger partial charge in [0.15, 0.2) is 0 Å². The number of hydrogen-bond acceptors (Lipinski definition) is 2. The highest BCUT2D eigenvalue weighted by Crippen LogP contribution is 2.18. The van der Waals surface area contributed by atoms with Gasteiger partial charge in [-0.05, 0) is 31.0 Å². The second kappa shape index (κ2) is 7.47. The van der Waals surface area contributed by atoms with Gasteiger partial charge in [-0.1, -0.05) is 20.3 Å². The molecule has 0 spiro atoms. The van der Waals surface area contributed by atoms with E-state index >= 15 is 0 Å². The van der Waals surface area contributed by atoms with Gasteiger partial charge < -0.3 is 15.0 Å². The van der Waals surface area contributed by atoms with E-state index in [4.69, 9.17) is 5.11 Å². The van der Waals surface area contributed by atoms with E-state index in [-0.39, 0.29) is 6.61 Å². The summed E-state index contributed by atoms with van der Waals surface area (Å²) in [4.78, 5) is 0. The Bertz CT molecular complexity index is 283. The molecule has 0 aliphatic heterocycles. The molecule has 0 aliphatic carbocycles. The molecule has 0 saturated heterocycles. The molecule has 92 valence electrons. The maximum Gasteiger partial charge on any atom is 0.0610 e. The van der Waals surface area contributed by atoms with Crippen LogP contribution in [0.4, 0.5) is 0 Å². The van der Waals surface area contributed by atoms with Gasteiger partial charge in [0.1, 0.15) is 0 Å². The molecule has 16 heavy (non-hydrogen) atoms. The number of aliphatic hydroxyl groups excluding tert-OH is 1. The highest BCUT2D eigenvalue weighted by Gasteiger charge is 2.10. The Hall–Kier alpha value is -0.800. The van der Waals surface area contributed by atoms with Gasteiger partial charge in [0.05, 0.1) is 6.61 Å². The summed E-state index contributed by atoms with van der Waals surface area (Å²) in [6.07, 6.45) is 7.70. The fraction of sp³-hybridized carbons (Fsp3) is 0.692. The summed E-state index contributed by atoms with van der Waals surface area (Å²) < 4.78 is 2.05. The zero-order valence-corrected chi connectivity index (χ0v) is 10.4. The second-order valence-corrected chi connectivity index (χ2v) is 4.20. The first-order valence-electron chi connectivity index (χ1n) is 6.31. The molecule has 0 fully saturated rings. The summed E-state index contributed by atoms with van der Waals surface area (Å²) in [5.41, 5.74) is 1.34. The quantitative estimate of drug-likeness (QED) is 0.711. The molecular formula is C13H24N2O. The third-order valence-corrected chi connectivity index (χ3v) is 2.75. The number of aliphatic hydroxyl groups is 1. The topological polar surface area (TPSA) is 37.2 Å². The normalized spacial score (nSPS) is 12.9. The molecular weight excluding hydrogens is 200 g/mol. The van der Waals surface area contributed by atoms with E-state index in [9.17, 15) is 0 Å². The number of rotatable bonds is 8. The van der Waals surface area contributed by atoms with Gasteiger partial charge >= 0.3 is 0 Å². The molecule has 3 heteroatoms. The zero-order chi connectivity index (χ0) is 11.8. The minimum absolute atomic E-state index is 0.203. The fourth-order valence-corrected chi connectivity index (χ4v) is 1.91. The van der Waals surface area contributed by atoms with Crippen LogP contribution < -0.4 is 5.32 Å². The van der Waals surface area contributed by atoms with Crippen molar-refractivity contribution < 1.29 is 5.11 Å². The largest absolute Gasteiger partial charge is 0.395 e. The second-order valence-electron chi connectivity index (χ2n) is 4.20. The van der Waals surface area contributed by atoms with Crippen molar-refractivity contribution in [3.63, 3.8) is 0 Å². The third kappa shape index (κ3) is 3.99. The Morgan fingerprint density at radius 2 is 2.19 bits per heavy atom. The molecule has 0 bridgehead atoms. The van der Waals surface area contributed by atoms with E-state index in [2.05, 4.69) is 31.4 Å². The van der Waals surface area contributed by atoms with Crippen molar-refractivity contribution in [1.29, 1.82) is 0 Å². The molecule has 2 N–H and O–H groups in total. The van der Waals surface area contributed by atoms with Crippen LogP contribution in [-0.2, 0) is 6.54 Å². The smallest absolute Gasteiger partial charge is 0.0610 e. The molecule has 0 radical (unpaired) electrons. The highest BCUT2D eigenvalue weighted by molar-refractivity contribution is 5.15. The van der Waals surface area contributed by atoms with Gasteiger partial charge in [0, 0.05) is 25.0 Å². The predicted octanol–water partition coefficient (Wildman–Crippen LogP) is 2.32. The maximum atomic E-state index is 8.88. The minimum atomic E-state index is 0.203. The molecule has 1 rings (SSSR count). The van der Waals surface area contributed by atoms with Crippen LogP contribution in [0.25, 0.3) is 0 Å². The summed E-state index contributed by atoms with van der Waals surface area (Å²) in [7, 11) is 0. The number of nitrogens with zero attached hydrogens (tertiary/aromatic N) is 1. The van der Waals surface area contributed by atoms with E-state index in [1.54, 1.807) is 0 Å². The van der Waals surface area contributed by atoms with Crippen molar-refractivity contribution in [2.45, 2.75) is 45.7 Å². The van der Waals surface area contributed by atoms with Crippen LogP contribution in [0.1, 0.15) is 44.7 Å². The summed E-state index contributed by atoms with van der Waals surface area (Å²) in [5, 5.41) is 12.4. The Kier molecular flexibility index (Phi) is 6.19. The van der Waals surface area contributed by atoms with Gasteiger partial charge in [-0.2, -0.15) is 0 Å². The Morgan fingerprint density at radius 1 is 1.38 bits per heavy atom. The lowest BCUT2D eigenvalue weighted by Gasteiger charge is -2.16. The Balaban J connectivity index is 2.59. The van der Waals surface area contributed by atoms with Crippen molar-refractivity contribution in [1.82, 2.24) is 9.88 Å². The Labute approximate surface area is 98.5 Å². The van der Waals surface area contributed by atoms with Crippen LogP contribution in [-0.4, -0.2) is 22.8 Å². The molecule has 0 amide bonds. The van der Waals surface area contributed by atoms with Crippen molar-refractivity contribution >= 4 is 0 Å². The van der Waals surface area contributed by atoms with Crippen LogP contribution in [0.3, 0.4) is 0 Å². The van der Waals surface area contributed by atoms with E-state index in [1.807, 2.05) is 10.8 Å². The standard InChI is InChI=1S/C13H24N2O/c1-3-5-13(14-7-4-2)12-6-8-15(11-12)9-10-16/h6,8,11,13-14,16H,3-5,7,9-10H2,1-2H3. The lowest BCUT2D eigenvalue weighted by molar-refractivity contribution is 0.276. The van der Waals surface area contributed by atoms with Gasteiger partial charge in [0.2, 0.25) is 0 Å². The molecule has 0 aromatic carbocycles. The van der Waals surface area contributed by atoms with Gasteiger partial charge in [-0.15, -0.1) is 0 Å². The van der Waals surface area contributed by atoms with Crippen LogP contribution in [0, 0.1) is 0 Å². The van der Waals surface area contributed by atoms with E-state index in [0.717, 1.165) is 13.0 Å². The molecule has 0 aliphatic rings. The third-order valence-electron chi connectivity index (χ3n) is 2.75. The molecule has 1 aromatic rings. The van der Waals surface area contributed by atoms with Gasteiger partial charge in [-0.3, -0.25) is 0 Å². The van der Waals surface area contributed by atoms with Crippen LogP contribution in [0.2, 0.25) is 0 Å². The van der Waals surface area contributed by atoms with E-state index in [0.29, 0.717) is 12.6 Å². The number of nitrogens with one attached hydrogen (secondary N) is 1. The summed E-state index contributed by atoms with van der Waals surface area (Å²) >= 11 is 0. The average molecular weight is 224 g/mol. The van der Waals surface area contributed by atoms with Crippen molar-refractivity contribution in [2.75, 3.05) is 13.2 Å². The molecule has 1 heterocycles. The summed E-state index contributed by atoms with van der Waals surface area (Å²) in [6.45, 7) is 6.36. The van der Waals surface area contributed by atoms with E-state index < -0.39 is 0 Å². The fourth-order valence-electron chi connectivity index (χ4n) is 1.91.